The first kappa shape index (κ1) is 8.99. The third kappa shape index (κ3) is 1.02. The fraction of sp³-hybridized carbons (Fsp3) is 0.133. The predicted molar refractivity (Wildman–Crippen MR) is 66.8 cm³/mol. The van der Waals surface area contributed by atoms with Crippen LogP contribution in [0.15, 0.2) is 53.5 Å². The van der Waals surface area contributed by atoms with Gasteiger partial charge in [0.2, 0.25) is 0 Å². The Morgan fingerprint density at radius 2 is 1.71 bits per heavy atom. The van der Waals surface area contributed by atoms with Gasteiger partial charge in [-0.15, -0.1) is 0 Å². The molecule has 0 aromatic heterocycles. The first-order chi connectivity index (χ1) is 8.40. The van der Waals surface area contributed by atoms with Crippen LogP contribution in [0.2, 0.25) is 0 Å². The Morgan fingerprint density at radius 3 is 2.65 bits per heavy atom. The summed E-state index contributed by atoms with van der Waals surface area (Å²) < 4.78 is 5.78. The van der Waals surface area contributed by atoms with Crippen molar-refractivity contribution in [3.63, 3.8) is 0 Å². The van der Waals surface area contributed by atoms with Gasteiger partial charge in [0, 0.05) is 11.8 Å². The fourth-order valence-electron chi connectivity index (χ4n) is 2.76. The zero-order valence-electron chi connectivity index (χ0n) is 9.26. The van der Waals surface area contributed by atoms with Gasteiger partial charge in [-0.1, -0.05) is 42.5 Å². The van der Waals surface area contributed by atoms with Gasteiger partial charge < -0.3 is 4.74 Å². The molecular weight excluding hydrogens is 210 g/mol. The number of aliphatic imine (C=N–C) groups is 1. The van der Waals surface area contributed by atoms with E-state index >= 15 is 0 Å². The lowest BCUT2D eigenvalue weighted by molar-refractivity contribution is 0.299. The Hall–Kier alpha value is -2.09. The average molecular weight is 221 g/mol. The molecule has 2 heteroatoms. The van der Waals surface area contributed by atoms with Gasteiger partial charge in [0.15, 0.2) is 0 Å². The smallest absolute Gasteiger partial charge is 0.149 e. The van der Waals surface area contributed by atoms with E-state index in [0.29, 0.717) is 6.61 Å². The molecule has 0 aliphatic carbocycles. The molecule has 2 heterocycles. The molecule has 2 aromatic rings. The van der Waals surface area contributed by atoms with E-state index < -0.39 is 0 Å². The number of rotatable bonds is 0. The lowest BCUT2D eigenvalue weighted by Gasteiger charge is -2.20. The Kier molecular flexibility index (Phi) is 1.57. The van der Waals surface area contributed by atoms with Gasteiger partial charge in [-0.05, 0) is 17.2 Å². The molecule has 1 spiro atoms. The molecule has 17 heavy (non-hydrogen) atoms. The first-order valence-electron chi connectivity index (χ1n) is 5.77. The molecule has 2 aromatic carbocycles. The summed E-state index contributed by atoms with van der Waals surface area (Å²) >= 11 is 0. The highest BCUT2D eigenvalue weighted by molar-refractivity contribution is 5.87. The molecule has 0 unspecified atom stereocenters. The molecule has 4 rings (SSSR count). The van der Waals surface area contributed by atoms with Crippen molar-refractivity contribution in [3.05, 3.63) is 65.2 Å². The summed E-state index contributed by atoms with van der Waals surface area (Å²) in [7, 11) is 0. The molecule has 0 radical (unpaired) electrons. The van der Waals surface area contributed by atoms with E-state index in [-0.39, 0.29) is 5.54 Å². The van der Waals surface area contributed by atoms with Crippen LogP contribution in [0.1, 0.15) is 16.7 Å². The Balaban J connectivity index is 2.01. The molecule has 0 fully saturated rings. The van der Waals surface area contributed by atoms with Crippen LogP contribution >= 0.6 is 0 Å². The minimum Gasteiger partial charge on any atom is -0.490 e. The van der Waals surface area contributed by atoms with Crippen molar-refractivity contribution in [2.24, 2.45) is 4.99 Å². The second-order valence-electron chi connectivity index (χ2n) is 4.49. The number of hydrogen-bond acceptors (Lipinski definition) is 2. The number of fused-ring (bicyclic) bond motifs is 4. The van der Waals surface area contributed by atoms with Crippen molar-refractivity contribution in [3.8, 4) is 5.75 Å². The molecule has 82 valence electrons. The SMILES string of the molecule is C1=N[C@]2(COc3ccccc32)c2ccccc21. The quantitative estimate of drug-likeness (QED) is 0.670. The number of para-hydroxylation sites is 1. The van der Waals surface area contributed by atoms with E-state index in [0.717, 1.165) is 5.75 Å². The summed E-state index contributed by atoms with van der Waals surface area (Å²) in [4.78, 5) is 4.73. The van der Waals surface area contributed by atoms with E-state index in [1.54, 1.807) is 0 Å². The first-order valence-corrected chi connectivity index (χ1v) is 5.77. The van der Waals surface area contributed by atoms with Crippen molar-refractivity contribution < 1.29 is 4.74 Å². The average Bonchev–Trinajstić information content (AvgIpc) is 2.95. The highest BCUT2D eigenvalue weighted by Crippen LogP contribution is 2.47. The fourth-order valence-corrected chi connectivity index (χ4v) is 2.76. The number of ether oxygens (including phenoxy) is 1. The topological polar surface area (TPSA) is 21.6 Å². The van der Waals surface area contributed by atoms with Crippen LogP contribution < -0.4 is 4.74 Å². The minimum atomic E-state index is -0.298. The van der Waals surface area contributed by atoms with Gasteiger partial charge in [0.1, 0.15) is 17.9 Å². The van der Waals surface area contributed by atoms with Crippen molar-refractivity contribution >= 4 is 6.21 Å². The Bertz CT molecular complexity index is 632. The molecule has 2 aliphatic heterocycles. The number of benzene rings is 2. The molecule has 0 amide bonds. The maximum atomic E-state index is 5.78. The lowest BCUT2D eigenvalue weighted by atomic mass is 9.85. The number of hydrogen-bond donors (Lipinski definition) is 0. The van der Waals surface area contributed by atoms with E-state index in [1.807, 2.05) is 30.5 Å². The molecule has 2 nitrogen and oxygen atoms in total. The maximum absolute atomic E-state index is 5.78. The third-order valence-corrected chi connectivity index (χ3v) is 3.60. The van der Waals surface area contributed by atoms with Gasteiger partial charge in [-0.3, -0.25) is 4.99 Å². The van der Waals surface area contributed by atoms with Crippen LogP contribution in [-0.4, -0.2) is 12.8 Å². The van der Waals surface area contributed by atoms with Crippen molar-refractivity contribution in [2.45, 2.75) is 5.54 Å². The zero-order valence-corrected chi connectivity index (χ0v) is 9.26. The summed E-state index contributed by atoms with van der Waals surface area (Å²) in [6.45, 7) is 0.611. The molecule has 0 saturated carbocycles. The standard InChI is InChI=1S/C15H11NO/c1-2-6-12-11(5-1)9-16-15(12)10-17-14-8-4-3-7-13(14)15/h1-9H,10H2/t15-/m1/s1. The molecule has 1 atom stereocenters. The van der Waals surface area contributed by atoms with E-state index in [2.05, 4.69) is 24.3 Å². The molecule has 0 N–H and O–H groups in total. The van der Waals surface area contributed by atoms with E-state index in [9.17, 15) is 0 Å². The zero-order chi connectivity index (χ0) is 11.3. The highest BCUT2D eigenvalue weighted by atomic mass is 16.5. The molecule has 2 aliphatic rings. The summed E-state index contributed by atoms with van der Waals surface area (Å²) in [6.07, 6.45) is 1.96. The molecule has 0 saturated heterocycles. The van der Waals surface area contributed by atoms with E-state index in [1.165, 1.54) is 16.7 Å². The molecular formula is C15H11NO. The summed E-state index contributed by atoms with van der Waals surface area (Å²) in [5.41, 5.74) is 3.34. The maximum Gasteiger partial charge on any atom is 0.149 e. The van der Waals surface area contributed by atoms with Crippen molar-refractivity contribution in [2.75, 3.05) is 6.61 Å². The Morgan fingerprint density at radius 1 is 0.941 bits per heavy atom. The summed E-state index contributed by atoms with van der Waals surface area (Å²) in [6, 6.07) is 16.5. The minimum absolute atomic E-state index is 0.298. The molecule has 0 bridgehead atoms. The summed E-state index contributed by atoms with van der Waals surface area (Å²) in [5, 5.41) is 0. The summed E-state index contributed by atoms with van der Waals surface area (Å²) in [5.74, 6) is 0.960. The predicted octanol–water partition coefficient (Wildman–Crippen LogP) is 2.76. The van der Waals surface area contributed by atoms with Crippen LogP contribution in [0.4, 0.5) is 0 Å². The second kappa shape index (κ2) is 2.98. The van der Waals surface area contributed by atoms with E-state index in [4.69, 9.17) is 9.73 Å². The Labute approximate surface area is 99.6 Å². The van der Waals surface area contributed by atoms with Crippen LogP contribution in [0.25, 0.3) is 0 Å². The number of nitrogens with zero attached hydrogens (tertiary/aromatic N) is 1. The van der Waals surface area contributed by atoms with Crippen LogP contribution in [0.3, 0.4) is 0 Å². The van der Waals surface area contributed by atoms with Crippen LogP contribution in [-0.2, 0) is 5.54 Å². The van der Waals surface area contributed by atoms with Gasteiger partial charge in [-0.2, -0.15) is 0 Å². The highest BCUT2D eigenvalue weighted by Gasteiger charge is 2.45. The van der Waals surface area contributed by atoms with Crippen LogP contribution in [0.5, 0.6) is 5.75 Å². The van der Waals surface area contributed by atoms with Gasteiger partial charge in [-0.25, -0.2) is 0 Å². The monoisotopic (exact) mass is 221 g/mol. The second-order valence-corrected chi connectivity index (χ2v) is 4.49. The van der Waals surface area contributed by atoms with Gasteiger partial charge in [0.25, 0.3) is 0 Å². The van der Waals surface area contributed by atoms with Crippen molar-refractivity contribution in [1.82, 2.24) is 0 Å². The van der Waals surface area contributed by atoms with Gasteiger partial charge >= 0.3 is 0 Å². The normalized spacial score (nSPS) is 23.5. The largest absolute Gasteiger partial charge is 0.490 e. The lowest BCUT2D eigenvalue weighted by Crippen LogP contribution is -2.24. The van der Waals surface area contributed by atoms with Crippen molar-refractivity contribution in [1.29, 1.82) is 0 Å². The van der Waals surface area contributed by atoms with Gasteiger partial charge in [0.05, 0.1) is 0 Å². The third-order valence-electron chi connectivity index (χ3n) is 3.60. The van der Waals surface area contributed by atoms with Crippen LogP contribution in [0, 0.1) is 0 Å².